The second-order valence-corrected chi connectivity index (χ2v) is 7.61. The van der Waals surface area contributed by atoms with Crippen molar-refractivity contribution in [3.8, 4) is 0 Å². The molecule has 1 aliphatic heterocycles. The number of benzene rings is 2. The Hall–Kier alpha value is -2.61. The smallest absolute Gasteiger partial charge is 0.252 e. The van der Waals surface area contributed by atoms with Crippen molar-refractivity contribution < 1.29 is 9.53 Å². The predicted molar refractivity (Wildman–Crippen MR) is 113 cm³/mol. The number of nitrogens with one attached hydrogen (secondary N) is 2. The summed E-state index contributed by atoms with van der Waals surface area (Å²) in [6.45, 7) is -0.0642. The van der Waals surface area contributed by atoms with Crippen LogP contribution in [0, 0.1) is 0 Å². The van der Waals surface area contributed by atoms with E-state index in [4.69, 9.17) is 27.9 Å². The number of anilines is 2. The lowest BCUT2D eigenvalue weighted by atomic mass is 9.93. The summed E-state index contributed by atoms with van der Waals surface area (Å²) in [5, 5.41) is 11.9. The highest BCUT2D eigenvalue weighted by Crippen LogP contribution is 2.38. The summed E-state index contributed by atoms with van der Waals surface area (Å²) in [4.78, 5) is 16.3. The number of halogens is 2. The largest absolute Gasteiger partial charge is 0.375 e. The van der Waals surface area contributed by atoms with Crippen LogP contribution in [-0.2, 0) is 9.53 Å². The van der Waals surface area contributed by atoms with Crippen LogP contribution in [0.15, 0.2) is 48.5 Å². The normalized spacial score (nSPS) is 18.0. The van der Waals surface area contributed by atoms with Crippen molar-refractivity contribution >= 4 is 41.0 Å². The first-order valence-corrected chi connectivity index (χ1v) is 9.82. The third kappa shape index (κ3) is 4.37. The van der Waals surface area contributed by atoms with Crippen molar-refractivity contribution in [1.82, 2.24) is 14.8 Å². The number of hydrogen-bond donors (Lipinski definition) is 2. The van der Waals surface area contributed by atoms with Gasteiger partial charge in [0.15, 0.2) is 0 Å². The van der Waals surface area contributed by atoms with Gasteiger partial charge < -0.3 is 10.1 Å². The van der Waals surface area contributed by atoms with Crippen LogP contribution in [0.4, 0.5) is 11.9 Å². The molecule has 0 radical (unpaired) electrons. The molecule has 9 heteroatoms. The molecule has 1 amide bonds. The Labute approximate surface area is 178 Å². The van der Waals surface area contributed by atoms with E-state index in [1.54, 1.807) is 4.68 Å². The van der Waals surface area contributed by atoms with Crippen molar-refractivity contribution in [3.05, 3.63) is 69.7 Å². The fourth-order valence-corrected chi connectivity index (χ4v) is 3.65. The summed E-state index contributed by atoms with van der Waals surface area (Å²) in [7, 11) is 1.46. The van der Waals surface area contributed by atoms with Gasteiger partial charge in [0.2, 0.25) is 5.95 Å². The topological polar surface area (TPSA) is 81.1 Å². The van der Waals surface area contributed by atoms with Gasteiger partial charge in [-0.05, 0) is 41.8 Å². The molecule has 2 N–H and O–H groups in total. The van der Waals surface area contributed by atoms with Crippen LogP contribution in [0.1, 0.15) is 29.6 Å². The van der Waals surface area contributed by atoms with Gasteiger partial charge in [0.25, 0.3) is 11.9 Å². The summed E-state index contributed by atoms with van der Waals surface area (Å²) in [6.07, 6.45) is 0.741. The highest BCUT2D eigenvalue weighted by atomic mass is 35.5. The number of methoxy groups -OCH3 is 1. The minimum Gasteiger partial charge on any atom is -0.375 e. The zero-order valence-electron chi connectivity index (χ0n) is 15.6. The van der Waals surface area contributed by atoms with Crippen LogP contribution < -0.4 is 10.6 Å². The van der Waals surface area contributed by atoms with Gasteiger partial charge in [0.1, 0.15) is 6.61 Å². The second kappa shape index (κ2) is 8.41. The van der Waals surface area contributed by atoms with Gasteiger partial charge in [0.05, 0.1) is 12.1 Å². The molecular formula is C20H19Cl2N5O2. The van der Waals surface area contributed by atoms with Gasteiger partial charge in [-0.3, -0.25) is 10.1 Å². The van der Waals surface area contributed by atoms with E-state index in [1.165, 1.54) is 7.11 Å². The fraction of sp³-hybridized carbons (Fsp3) is 0.250. The van der Waals surface area contributed by atoms with Crippen LogP contribution in [0.25, 0.3) is 0 Å². The first-order valence-electron chi connectivity index (χ1n) is 9.06. The molecule has 1 aliphatic rings. The Kier molecular flexibility index (Phi) is 5.71. The van der Waals surface area contributed by atoms with E-state index in [-0.39, 0.29) is 30.5 Å². The number of rotatable bonds is 5. The van der Waals surface area contributed by atoms with E-state index < -0.39 is 0 Å². The molecule has 0 aliphatic carbocycles. The first-order chi connectivity index (χ1) is 14.0. The second-order valence-electron chi connectivity index (χ2n) is 6.74. The zero-order chi connectivity index (χ0) is 20.4. The van der Waals surface area contributed by atoms with E-state index >= 15 is 0 Å². The van der Waals surface area contributed by atoms with Gasteiger partial charge in [0, 0.05) is 17.2 Å². The molecule has 2 aromatic carbocycles. The monoisotopic (exact) mass is 431 g/mol. The molecule has 2 unspecified atom stereocenters. The molecule has 0 bridgehead atoms. The van der Waals surface area contributed by atoms with Gasteiger partial charge in [-0.1, -0.05) is 47.5 Å². The van der Waals surface area contributed by atoms with Crippen molar-refractivity contribution in [2.75, 3.05) is 24.4 Å². The maximum absolute atomic E-state index is 11.9. The van der Waals surface area contributed by atoms with E-state index in [2.05, 4.69) is 20.7 Å². The SMILES string of the molecule is COCC(=O)Nc1nc2n(n1)C(c1ccc(Cl)cc1)CC(c1ccc(Cl)cc1)N2. The Morgan fingerprint density at radius 2 is 1.76 bits per heavy atom. The average molecular weight is 432 g/mol. The summed E-state index contributed by atoms with van der Waals surface area (Å²) in [5.74, 6) is 0.488. The van der Waals surface area contributed by atoms with E-state index in [0.717, 1.165) is 17.5 Å². The molecule has 150 valence electrons. The Balaban J connectivity index is 1.69. The maximum Gasteiger partial charge on any atom is 0.252 e. The molecule has 4 rings (SSSR count). The molecule has 2 heterocycles. The van der Waals surface area contributed by atoms with Crippen molar-refractivity contribution in [3.63, 3.8) is 0 Å². The van der Waals surface area contributed by atoms with Crippen LogP contribution in [-0.4, -0.2) is 34.4 Å². The van der Waals surface area contributed by atoms with Crippen LogP contribution in [0.3, 0.4) is 0 Å². The quantitative estimate of drug-likeness (QED) is 0.628. The molecule has 0 saturated carbocycles. The first kappa shape index (κ1) is 19.7. The van der Waals surface area contributed by atoms with E-state index in [9.17, 15) is 4.79 Å². The highest BCUT2D eigenvalue weighted by molar-refractivity contribution is 6.30. The number of hydrogen-bond acceptors (Lipinski definition) is 5. The van der Waals surface area contributed by atoms with E-state index in [0.29, 0.717) is 16.0 Å². The van der Waals surface area contributed by atoms with Crippen molar-refractivity contribution in [1.29, 1.82) is 0 Å². The molecule has 2 atom stereocenters. The fourth-order valence-electron chi connectivity index (χ4n) is 3.40. The molecule has 0 spiro atoms. The number of carbonyl (C=O) groups is 1. The number of carbonyl (C=O) groups excluding carboxylic acids is 1. The van der Waals surface area contributed by atoms with Crippen LogP contribution >= 0.6 is 23.2 Å². The molecule has 29 heavy (non-hydrogen) atoms. The summed E-state index contributed by atoms with van der Waals surface area (Å²) in [6, 6.07) is 15.3. The van der Waals surface area contributed by atoms with Gasteiger partial charge in [-0.15, -0.1) is 5.10 Å². The maximum atomic E-state index is 11.9. The summed E-state index contributed by atoms with van der Waals surface area (Å²) < 4.78 is 6.64. The minimum atomic E-state index is -0.312. The van der Waals surface area contributed by atoms with Gasteiger partial charge in [-0.25, -0.2) is 4.68 Å². The van der Waals surface area contributed by atoms with Crippen molar-refractivity contribution in [2.24, 2.45) is 0 Å². The molecular weight excluding hydrogens is 413 g/mol. The lowest BCUT2D eigenvalue weighted by Crippen LogP contribution is -2.28. The number of ether oxygens (including phenoxy) is 1. The number of aromatic nitrogens is 3. The van der Waals surface area contributed by atoms with Crippen LogP contribution in [0.2, 0.25) is 10.0 Å². The van der Waals surface area contributed by atoms with Gasteiger partial charge in [-0.2, -0.15) is 4.98 Å². The highest BCUT2D eigenvalue weighted by Gasteiger charge is 2.31. The molecule has 0 saturated heterocycles. The van der Waals surface area contributed by atoms with E-state index in [1.807, 2.05) is 48.5 Å². The van der Waals surface area contributed by atoms with Gasteiger partial charge >= 0.3 is 0 Å². The Morgan fingerprint density at radius 3 is 2.38 bits per heavy atom. The lowest BCUT2D eigenvalue weighted by molar-refractivity contribution is -0.119. The number of nitrogens with zero attached hydrogens (tertiary/aromatic N) is 3. The van der Waals surface area contributed by atoms with Crippen LogP contribution in [0.5, 0.6) is 0 Å². The van der Waals surface area contributed by atoms with Crippen molar-refractivity contribution in [2.45, 2.75) is 18.5 Å². The third-order valence-corrected chi connectivity index (χ3v) is 5.25. The molecule has 1 aromatic heterocycles. The average Bonchev–Trinajstić information content (AvgIpc) is 3.11. The standard InChI is InChI=1S/C20H19Cl2N5O2/c1-29-11-18(28)24-19-25-20-23-16(12-2-6-14(21)7-3-12)10-17(27(20)26-19)13-4-8-15(22)9-5-13/h2-9,16-17H,10-11H2,1H3,(H2,23,24,25,26,28). The molecule has 0 fully saturated rings. The Morgan fingerprint density at radius 1 is 1.14 bits per heavy atom. The number of fused-ring (bicyclic) bond motifs is 1. The number of amides is 1. The third-order valence-electron chi connectivity index (χ3n) is 4.74. The molecule has 7 nitrogen and oxygen atoms in total. The lowest BCUT2D eigenvalue weighted by Gasteiger charge is -2.31. The summed E-state index contributed by atoms with van der Waals surface area (Å²) >= 11 is 12.1. The predicted octanol–water partition coefficient (Wildman–Crippen LogP) is 4.32. The zero-order valence-corrected chi connectivity index (χ0v) is 17.1. The molecule has 3 aromatic rings. The summed E-state index contributed by atoms with van der Waals surface area (Å²) in [5.41, 5.74) is 2.14. The minimum absolute atomic E-state index is 0.00664. The Bertz CT molecular complexity index is 1000.